The first-order valence-electron chi connectivity index (χ1n) is 7.50. The third kappa shape index (κ3) is 4.73. The van der Waals surface area contributed by atoms with E-state index in [1.54, 1.807) is 0 Å². The summed E-state index contributed by atoms with van der Waals surface area (Å²) in [5.74, 6) is -2.06. The zero-order chi connectivity index (χ0) is 19.4. The fourth-order valence-corrected chi connectivity index (χ4v) is 2.61. The first-order valence-corrected chi connectivity index (χ1v) is 7.91. The van der Waals surface area contributed by atoms with Gasteiger partial charge in [-0.3, -0.25) is 19.4 Å². The fourth-order valence-electron chi connectivity index (χ4n) is 2.48. The highest BCUT2D eigenvalue weighted by molar-refractivity contribution is 7.71. The van der Waals surface area contributed by atoms with Gasteiger partial charge in [0.25, 0.3) is 0 Å². The van der Waals surface area contributed by atoms with Crippen LogP contribution >= 0.6 is 12.2 Å². The molecule has 1 aromatic rings. The van der Waals surface area contributed by atoms with Crippen LogP contribution in [0.25, 0.3) is 0 Å². The number of nitrogens with one attached hydrogen (secondary N) is 1. The summed E-state index contributed by atoms with van der Waals surface area (Å²) in [7, 11) is 0. The van der Waals surface area contributed by atoms with Crippen molar-refractivity contribution in [1.29, 1.82) is 0 Å². The van der Waals surface area contributed by atoms with Crippen molar-refractivity contribution < 1.29 is 33.3 Å². The second-order valence-electron chi connectivity index (χ2n) is 5.40. The first kappa shape index (κ1) is 19.7. The molecule has 0 amide bonds. The number of hydrogen-bond acceptors (Lipinski definition) is 10. The highest BCUT2D eigenvalue weighted by Gasteiger charge is 2.48. The fraction of sp³-hybridized carbons (Fsp3) is 0.571. The standard InChI is InChI=1S/C14H17N3O8S/c1-6(18)23-9-5-22-13(17-14(21)16-10(26)4-15-17)12(25-8(3)20)11(9)24-7(2)19/h4,9,11-13H,5H2,1-3H3,(H,16,21,26)/t9-,11-,12-,13-/m1/s1. The van der Waals surface area contributed by atoms with Crippen molar-refractivity contribution in [2.75, 3.05) is 6.61 Å². The molecule has 11 nitrogen and oxygen atoms in total. The molecular weight excluding hydrogens is 370 g/mol. The van der Waals surface area contributed by atoms with Crippen molar-refractivity contribution in [3.05, 3.63) is 21.3 Å². The molecule has 0 radical (unpaired) electrons. The van der Waals surface area contributed by atoms with Crippen molar-refractivity contribution in [3.8, 4) is 0 Å². The van der Waals surface area contributed by atoms with Gasteiger partial charge in [-0.15, -0.1) is 0 Å². The predicted molar refractivity (Wildman–Crippen MR) is 85.3 cm³/mol. The van der Waals surface area contributed by atoms with E-state index in [0.29, 0.717) is 0 Å². The Bertz CT molecular complexity index is 819. The van der Waals surface area contributed by atoms with Gasteiger partial charge in [-0.05, 0) is 0 Å². The first-order chi connectivity index (χ1) is 12.2. The number of carbonyl (C=O) groups is 3. The van der Waals surface area contributed by atoms with E-state index in [4.69, 9.17) is 31.2 Å². The number of carbonyl (C=O) groups excluding carboxylic acids is 3. The van der Waals surface area contributed by atoms with Gasteiger partial charge in [0.15, 0.2) is 24.5 Å². The third-order valence-electron chi connectivity index (χ3n) is 3.30. The Morgan fingerprint density at radius 3 is 2.27 bits per heavy atom. The average Bonchev–Trinajstić information content (AvgIpc) is 2.50. The second-order valence-corrected chi connectivity index (χ2v) is 5.84. The second kappa shape index (κ2) is 8.19. The summed E-state index contributed by atoms with van der Waals surface area (Å²) in [4.78, 5) is 48.8. The van der Waals surface area contributed by atoms with Gasteiger partial charge in [-0.25, -0.2) is 4.79 Å². The minimum Gasteiger partial charge on any atom is -0.456 e. The van der Waals surface area contributed by atoms with Crippen LogP contribution in [0.5, 0.6) is 0 Å². The van der Waals surface area contributed by atoms with E-state index >= 15 is 0 Å². The molecule has 1 aliphatic heterocycles. The number of aromatic nitrogens is 3. The Kier molecular flexibility index (Phi) is 6.21. The Morgan fingerprint density at radius 2 is 1.73 bits per heavy atom. The Balaban J connectivity index is 2.46. The van der Waals surface area contributed by atoms with Crippen LogP contribution in [0.1, 0.15) is 27.0 Å². The van der Waals surface area contributed by atoms with E-state index in [1.165, 1.54) is 13.1 Å². The van der Waals surface area contributed by atoms with Gasteiger partial charge in [0.05, 0.1) is 12.8 Å². The third-order valence-corrected chi connectivity index (χ3v) is 3.51. The smallest absolute Gasteiger partial charge is 0.345 e. The van der Waals surface area contributed by atoms with Gasteiger partial charge in [-0.1, -0.05) is 12.2 Å². The predicted octanol–water partition coefficient (Wildman–Crippen LogP) is -0.375. The molecule has 0 aliphatic carbocycles. The number of nitrogens with zero attached hydrogens (tertiary/aromatic N) is 2. The van der Waals surface area contributed by atoms with Crippen LogP contribution in [0.3, 0.4) is 0 Å². The number of aromatic amines is 1. The van der Waals surface area contributed by atoms with Crippen LogP contribution in [0.4, 0.5) is 0 Å². The van der Waals surface area contributed by atoms with Crippen molar-refractivity contribution >= 4 is 30.1 Å². The van der Waals surface area contributed by atoms with Crippen molar-refractivity contribution in [2.24, 2.45) is 0 Å². The van der Waals surface area contributed by atoms with Gasteiger partial charge in [0.1, 0.15) is 4.64 Å². The molecule has 4 atom stereocenters. The normalized spacial score (nSPS) is 25.2. The molecular formula is C14H17N3O8S. The molecule has 1 aliphatic rings. The van der Waals surface area contributed by atoms with Gasteiger partial charge in [-0.2, -0.15) is 9.78 Å². The highest BCUT2D eigenvalue weighted by Crippen LogP contribution is 2.29. The lowest BCUT2D eigenvalue weighted by Gasteiger charge is -2.40. The van der Waals surface area contributed by atoms with Crippen LogP contribution in [-0.2, 0) is 33.3 Å². The summed E-state index contributed by atoms with van der Waals surface area (Å²) in [5, 5.41) is 3.86. The summed E-state index contributed by atoms with van der Waals surface area (Å²) < 4.78 is 22.0. The van der Waals surface area contributed by atoms with Crippen LogP contribution in [0.2, 0.25) is 0 Å². The minimum atomic E-state index is -1.29. The molecule has 2 heterocycles. The molecule has 0 saturated carbocycles. The molecule has 142 valence electrons. The maximum Gasteiger partial charge on any atom is 0.345 e. The highest BCUT2D eigenvalue weighted by atomic mass is 32.1. The largest absolute Gasteiger partial charge is 0.456 e. The Morgan fingerprint density at radius 1 is 1.15 bits per heavy atom. The van der Waals surface area contributed by atoms with Crippen molar-refractivity contribution in [2.45, 2.75) is 45.3 Å². The van der Waals surface area contributed by atoms with Gasteiger partial charge in [0.2, 0.25) is 0 Å². The lowest BCUT2D eigenvalue weighted by atomic mass is 10.0. The number of rotatable bonds is 4. The molecule has 0 spiro atoms. The van der Waals surface area contributed by atoms with Crippen LogP contribution < -0.4 is 5.69 Å². The number of esters is 3. The molecule has 1 fully saturated rings. The van der Waals surface area contributed by atoms with Gasteiger partial charge >= 0.3 is 23.6 Å². The molecule has 1 N–H and O–H groups in total. The molecule has 12 heteroatoms. The zero-order valence-corrected chi connectivity index (χ0v) is 15.0. The average molecular weight is 387 g/mol. The molecule has 0 unspecified atom stereocenters. The maximum atomic E-state index is 12.1. The van der Waals surface area contributed by atoms with E-state index in [2.05, 4.69) is 10.1 Å². The Labute approximate surface area is 152 Å². The molecule has 26 heavy (non-hydrogen) atoms. The van der Waals surface area contributed by atoms with Crippen molar-refractivity contribution in [3.63, 3.8) is 0 Å². The van der Waals surface area contributed by atoms with Crippen LogP contribution in [-0.4, -0.2) is 57.6 Å². The number of H-pyrrole nitrogens is 1. The molecule has 0 bridgehead atoms. The minimum absolute atomic E-state index is 0.0976. The van der Waals surface area contributed by atoms with Crippen LogP contribution in [0.15, 0.2) is 11.0 Å². The van der Waals surface area contributed by atoms with E-state index in [1.807, 2.05) is 0 Å². The molecule has 1 saturated heterocycles. The summed E-state index contributed by atoms with van der Waals surface area (Å²) >= 11 is 4.82. The number of hydrogen-bond donors (Lipinski definition) is 1. The van der Waals surface area contributed by atoms with E-state index in [0.717, 1.165) is 18.5 Å². The van der Waals surface area contributed by atoms with E-state index in [9.17, 15) is 19.2 Å². The maximum absolute atomic E-state index is 12.1. The monoisotopic (exact) mass is 387 g/mol. The quantitative estimate of drug-likeness (QED) is 0.413. The summed E-state index contributed by atoms with van der Waals surface area (Å²) in [6.45, 7) is 3.22. The van der Waals surface area contributed by atoms with Gasteiger partial charge < -0.3 is 18.9 Å². The molecule has 1 aromatic heterocycles. The lowest BCUT2D eigenvalue weighted by molar-refractivity contribution is -0.242. The van der Waals surface area contributed by atoms with E-state index < -0.39 is 48.1 Å². The zero-order valence-electron chi connectivity index (χ0n) is 14.2. The van der Waals surface area contributed by atoms with Crippen molar-refractivity contribution in [1.82, 2.24) is 14.8 Å². The summed E-state index contributed by atoms with van der Waals surface area (Å²) in [6.07, 6.45) is -3.55. The molecule has 0 aromatic carbocycles. The lowest BCUT2D eigenvalue weighted by Crippen LogP contribution is -2.57. The Hall–Kier alpha value is -2.60. The van der Waals surface area contributed by atoms with E-state index in [-0.39, 0.29) is 11.2 Å². The van der Waals surface area contributed by atoms with Crippen LogP contribution in [0, 0.1) is 4.64 Å². The summed E-state index contributed by atoms with van der Waals surface area (Å²) in [5.41, 5.74) is -0.716. The molecule has 2 rings (SSSR count). The number of ether oxygens (including phenoxy) is 4. The SMILES string of the molecule is CC(=O)O[C@@H]1[C@H](OC(C)=O)[C@H](OC(C)=O)CO[C@H]1n1ncc(=S)[nH]c1=O. The van der Waals surface area contributed by atoms with Gasteiger partial charge in [0, 0.05) is 20.8 Å². The summed E-state index contributed by atoms with van der Waals surface area (Å²) in [6, 6.07) is 0. The topological polar surface area (TPSA) is 139 Å².